The van der Waals surface area contributed by atoms with Crippen molar-refractivity contribution in [3.8, 4) is 0 Å². The van der Waals surface area contributed by atoms with Crippen LogP contribution in [0.5, 0.6) is 0 Å². The van der Waals surface area contributed by atoms with E-state index in [1.165, 1.54) is 6.92 Å². The Morgan fingerprint density at radius 2 is 1.19 bits per heavy atom. The molecule has 23 nitrogen and oxygen atoms in total. The molecule has 0 aromatic heterocycles. The molecule has 1 heterocycles. The van der Waals surface area contributed by atoms with Crippen molar-refractivity contribution in [3.05, 3.63) is 191 Å². The standard InChI is InChI=1S/C67H86N2O16Si2.C10H11NO4/c1-14-87(15-2,16-3)84-49-37-50-66(41-79-50,83-43(5)70)56-58(82-60(74)47-35-27-20-28-36-47)67(77)38-48(42(4)52(64(67,9)10)54(57(72)65(49,56)11)81-51(71)39-68-62(76)78-40-44-29-21-17-22-30-44)80-61(75)55(85-86(12,13)63(6,7)8)53(45-31-23-18-24-32-45)69-59(73)46-33-25-19-26-34-46;12-9(13)6-11-10(14)15-7-8-4-2-1-3-5-8/h17-36,48-50,53-56,58,77H,14-16,37-41H2,1-13H3,(H,68,76)(H,69,73);1-5H,6-7H2,(H,11,14)(H,12,13)/t48-,49-,50?,53-,54+,55+,56-,58-,65?,66-,67+;/m0./s1. The van der Waals surface area contributed by atoms with Crippen LogP contribution in [0.25, 0.3) is 0 Å². The Balaban J connectivity index is 0.000000780. The molecule has 4 aliphatic rings. The quantitative estimate of drug-likeness (QED) is 0.0157. The number of carbonyl (C=O) groups is 9. The number of esters is 4. The Labute approximate surface area is 598 Å². The summed E-state index contributed by atoms with van der Waals surface area (Å²) in [6, 6.07) is 44.3. The van der Waals surface area contributed by atoms with Crippen molar-refractivity contribution in [2.45, 2.75) is 192 Å². The molecule has 3 amide bonds. The predicted molar refractivity (Wildman–Crippen MR) is 381 cm³/mol. The van der Waals surface area contributed by atoms with Gasteiger partial charge in [-0.3, -0.25) is 24.0 Å². The molecule has 3 fully saturated rings. The lowest BCUT2D eigenvalue weighted by Gasteiger charge is -2.68. The number of fused-ring (bicyclic) bond motifs is 5. The predicted octanol–water partition coefficient (Wildman–Crippen LogP) is 11.7. The van der Waals surface area contributed by atoms with E-state index in [0.717, 1.165) is 5.56 Å². The summed E-state index contributed by atoms with van der Waals surface area (Å²) in [5.41, 5.74) is -5.31. The van der Waals surface area contributed by atoms with Gasteiger partial charge in [0.15, 0.2) is 40.2 Å². The molecule has 2 unspecified atom stereocenters. The lowest BCUT2D eigenvalue weighted by molar-refractivity contribution is -0.344. The second-order valence-corrected chi connectivity index (χ2v) is 38.1. The summed E-state index contributed by atoms with van der Waals surface area (Å²) in [4.78, 5) is 125. The lowest BCUT2D eigenvalue weighted by atomic mass is 9.44. The highest BCUT2D eigenvalue weighted by Crippen LogP contribution is 2.65. The Kier molecular flexibility index (Phi) is 25.6. The number of rotatable bonds is 25. The molecule has 0 radical (unpaired) electrons. The topological polar surface area (TPSA) is 313 Å². The maximum atomic E-state index is 17.1. The van der Waals surface area contributed by atoms with Crippen LogP contribution in [0, 0.1) is 16.7 Å². The Hall–Kier alpha value is -8.86. The highest BCUT2D eigenvalue weighted by molar-refractivity contribution is 6.74. The molecule has 11 atom stereocenters. The van der Waals surface area contributed by atoms with E-state index in [4.69, 9.17) is 47.1 Å². The fourth-order valence-corrected chi connectivity index (χ4v) is 18.2. The van der Waals surface area contributed by atoms with E-state index in [0.29, 0.717) is 34.8 Å². The summed E-state index contributed by atoms with van der Waals surface area (Å²) in [6.07, 6.45) is -11.1. The van der Waals surface area contributed by atoms with Crippen LogP contribution in [0.3, 0.4) is 0 Å². The number of carbonyl (C=O) groups excluding carboxylic acids is 8. The van der Waals surface area contributed by atoms with E-state index in [2.05, 4.69) is 16.0 Å². The number of aliphatic carboxylic acids is 1. The SMILES string of the molecule is CC[Si](CC)(CC)O[C@H]1CC2OC[C@@]2(OC(C)=O)[C@H]2[C@H](OC(=O)c3ccccc3)[C@]3(O)C[C@H](OC(=O)[C@H](O[Si](C)(C)C(C)(C)C)[C@@H](NC(=O)c4ccccc4)c4ccccc4)C(C)=C([C@@H](OC(=O)CNC(=O)OCc4ccccc4)C(=O)C12C)C3(C)C.O=C(O)CNC(=O)OCc1ccccc1. The number of alkyl carbamates (subject to hydrolysis) is 2. The largest absolute Gasteiger partial charge is 0.480 e. The monoisotopic (exact) mass is 1440 g/mol. The molecule has 5 N–H and O–H groups in total. The van der Waals surface area contributed by atoms with Gasteiger partial charge in [-0.2, -0.15) is 0 Å². The minimum atomic E-state index is -3.02. The van der Waals surface area contributed by atoms with Gasteiger partial charge in [0.1, 0.15) is 50.2 Å². The first kappa shape index (κ1) is 78.9. The van der Waals surface area contributed by atoms with Crippen molar-refractivity contribution in [2.75, 3.05) is 19.7 Å². The zero-order valence-corrected chi connectivity index (χ0v) is 62.4. The van der Waals surface area contributed by atoms with Gasteiger partial charge in [0, 0.05) is 30.7 Å². The van der Waals surface area contributed by atoms with Crippen LogP contribution < -0.4 is 16.0 Å². The van der Waals surface area contributed by atoms with Crippen LogP contribution in [0.2, 0.25) is 36.3 Å². The number of carboxylic acids is 1. The van der Waals surface area contributed by atoms with Crippen LogP contribution in [-0.2, 0) is 79.2 Å². The van der Waals surface area contributed by atoms with Crippen molar-refractivity contribution in [1.82, 2.24) is 16.0 Å². The van der Waals surface area contributed by atoms with E-state index in [-0.39, 0.29) is 43.0 Å². The number of amides is 3. The van der Waals surface area contributed by atoms with Crippen LogP contribution in [0.4, 0.5) is 9.59 Å². The average molecular weight is 1440 g/mol. The van der Waals surface area contributed by atoms with E-state index in [9.17, 15) is 33.9 Å². The smallest absolute Gasteiger partial charge is 0.407 e. The second kappa shape index (κ2) is 33.1. The van der Waals surface area contributed by atoms with Crippen LogP contribution >= 0.6 is 0 Å². The van der Waals surface area contributed by atoms with Crippen molar-refractivity contribution in [2.24, 2.45) is 16.7 Å². The van der Waals surface area contributed by atoms with Gasteiger partial charge >= 0.3 is 42.0 Å². The number of ether oxygens (including phenoxy) is 7. The third-order valence-electron chi connectivity index (χ3n) is 21.1. The van der Waals surface area contributed by atoms with E-state index >= 15 is 14.4 Å². The van der Waals surface area contributed by atoms with Crippen LogP contribution in [0.1, 0.15) is 132 Å². The van der Waals surface area contributed by atoms with Crippen molar-refractivity contribution in [1.29, 1.82) is 0 Å². The number of aliphatic hydroxyl groups is 1. The lowest BCUT2D eigenvalue weighted by Crippen LogP contribution is -2.82. The summed E-state index contributed by atoms with van der Waals surface area (Å²) in [5, 5.41) is 30.1. The Morgan fingerprint density at radius 3 is 1.67 bits per heavy atom. The number of nitrogens with one attached hydrogen (secondary N) is 3. The number of Topliss-reactive ketones (excluding diaryl/α,β-unsaturated/α-hetero) is 1. The second-order valence-electron chi connectivity index (χ2n) is 28.6. The first-order chi connectivity index (χ1) is 48.2. The summed E-state index contributed by atoms with van der Waals surface area (Å²) in [5.74, 6) is -7.58. The molecule has 3 aliphatic carbocycles. The number of hydrogen-bond acceptors (Lipinski definition) is 19. The molecule has 5 aromatic rings. The molecule has 102 heavy (non-hydrogen) atoms. The van der Waals surface area contributed by atoms with Gasteiger partial charge in [0.2, 0.25) is 0 Å². The molecule has 548 valence electrons. The van der Waals surface area contributed by atoms with Gasteiger partial charge in [-0.15, -0.1) is 0 Å². The van der Waals surface area contributed by atoms with Gasteiger partial charge in [-0.25, -0.2) is 19.2 Å². The number of hydrogen-bond donors (Lipinski definition) is 5. The first-order valence-electron chi connectivity index (χ1n) is 34.5. The Bertz CT molecular complexity index is 3810. The summed E-state index contributed by atoms with van der Waals surface area (Å²) in [6.45, 7) is 22.3. The third-order valence-corrected chi connectivity index (χ3v) is 30.2. The van der Waals surface area contributed by atoms with E-state index in [1.807, 2.05) is 91.0 Å². The summed E-state index contributed by atoms with van der Waals surface area (Å²) >= 11 is 0. The average Bonchev–Trinajstić information content (AvgIpc) is 0.667. The molecule has 5 aromatic carbocycles. The first-order valence-corrected chi connectivity index (χ1v) is 40.0. The number of benzene rings is 5. The van der Waals surface area contributed by atoms with Crippen molar-refractivity contribution in [3.63, 3.8) is 0 Å². The maximum absolute atomic E-state index is 17.1. The number of carboxylic acid groups (broad SMARTS) is 1. The van der Waals surface area contributed by atoms with Gasteiger partial charge in [0.05, 0.1) is 35.6 Å². The normalized spacial score (nSPS) is 24.0. The minimum absolute atomic E-state index is 0.00863. The molecule has 1 saturated heterocycles. The molecule has 2 bridgehead atoms. The summed E-state index contributed by atoms with van der Waals surface area (Å²) < 4.78 is 57.8. The van der Waals surface area contributed by atoms with E-state index < -0.39 is 166 Å². The zero-order valence-electron chi connectivity index (χ0n) is 60.4. The maximum Gasteiger partial charge on any atom is 0.407 e. The fraction of sp³-hybridized carbons (Fsp3) is 0.468. The zero-order chi connectivity index (χ0) is 74.6. The number of ketones is 1. The molecule has 0 spiro atoms. The highest BCUT2D eigenvalue weighted by Gasteiger charge is 2.79. The van der Waals surface area contributed by atoms with Crippen LogP contribution in [-0.4, -0.2) is 148 Å². The van der Waals surface area contributed by atoms with Gasteiger partial charge in [-0.05, 0) is 102 Å². The van der Waals surface area contributed by atoms with Gasteiger partial charge < -0.3 is 68.2 Å². The molecule has 25 heteroatoms. The van der Waals surface area contributed by atoms with Gasteiger partial charge in [0.25, 0.3) is 5.91 Å². The van der Waals surface area contributed by atoms with Gasteiger partial charge in [-0.1, -0.05) is 183 Å². The van der Waals surface area contributed by atoms with Crippen molar-refractivity contribution < 1.29 is 95.4 Å². The van der Waals surface area contributed by atoms with Crippen molar-refractivity contribution >= 4 is 70.4 Å². The van der Waals surface area contributed by atoms with E-state index in [1.54, 1.807) is 143 Å². The molecular formula is C77H97N3O20Si2. The minimum Gasteiger partial charge on any atom is -0.480 e. The fourth-order valence-electron chi connectivity index (χ4n) is 14.1. The third kappa shape index (κ3) is 17.4. The van der Waals surface area contributed by atoms with Crippen LogP contribution in [0.15, 0.2) is 163 Å². The molecule has 9 rings (SSSR count). The highest BCUT2D eigenvalue weighted by atomic mass is 28.4. The molecule has 2 saturated carbocycles. The Morgan fingerprint density at radius 1 is 0.686 bits per heavy atom. The molecule has 1 aliphatic heterocycles. The summed E-state index contributed by atoms with van der Waals surface area (Å²) in [7, 11) is -5.79. The molecular weight excluding hydrogens is 1340 g/mol.